The number of likely N-dealkylation sites (N-methyl/N-ethyl adjacent to an activating group) is 2. The van der Waals surface area contributed by atoms with E-state index < -0.39 is 122 Å². The molecule has 0 unspecified atom stereocenters. The summed E-state index contributed by atoms with van der Waals surface area (Å²) in [5.74, 6) is -7.99. The van der Waals surface area contributed by atoms with Crippen LogP contribution in [0.15, 0.2) is 231 Å². The van der Waals surface area contributed by atoms with Crippen molar-refractivity contribution < 1.29 is 62.2 Å². The minimum absolute atomic E-state index is 0.00568. The molecule has 0 spiro atoms. The van der Waals surface area contributed by atoms with Crippen LogP contribution in [0, 0.1) is 5.92 Å². The number of H-pyrrole nitrogens is 2. The molecular weight excluding hydrogens is 1580 g/mol. The number of hydrogen-bond donors (Lipinski definition) is 9. The molecule has 3 aromatic heterocycles. The molecule has 2 aliphatic heterocycles. The maximum Gasteiger partial charge on any atom is 0.410 e. The van der Waals surface area contributed by atoms with Crippen molar-refractivity contribution in [1.29, 1.82) is 0 Å². The lowest BCUT2D eigenvalue weighted by atomic mass is 10.0. The minimum Gasteiger partial charge on any atom is -0.445 e. The molecule has 0 fully saturated rings. The van der Waals surface area contributed by atoms with Gasteiger partial charge in [0.1, 0.15) is 44.4 Å². The standard InChI is InChI=1S/C97H101N15O13/c1-63(2)55-81(95(121)111(87(117)57-99)54-53-100-85(115)59-109(3)96(122)124-61-65-27-13-6-14-28-65)108-93(119)80(56-64-25-11-5-12-26-64)107-84(114)58-101-94(120)82(37-23-24-52-98)112(88(118)60-110(4)97(123)125-62-66-29-15-7-16-30-66)86(116)51-50-83(113)102-71-40-38-70(39-41-71)92-78-48-46-76(105-78)90(68-33-19-9-20-34-68)74-44-42-72(103-74)89(67-31-17-8-18-32-67)73-43-45-75(104-73)91(69-35-21-10-22-36-69)77-47-49-79(92)106-77/h5-22,25-36,38-49,63,80-82,103,106H,23-24,37,50-62,98-99H2,1-4H3,(H,100,115)(H,101,120)(H,102,113)(H,107,114)(H,108,119)/t80-,81-,82-/m0/s1. The fourth-order valence-corrected chi connectivity index (χ4v) is 14.7. The Hall–Kier alpha value is -14.8. The molecule has 5 heterocycles. The zero-order valence-corrected chi connectivity index (χ0v) is 70.0. The zero-order chi connectivity index (χ0) is 88.3. The van der Waals surface area contributed by atoms with Gasteiger partial charge in [-0.15, -0.1) is 0 Å². The maximum atomic E-state index is 15.0. The fourth-order valence-electron chi connectivity index (χ4n) is 14.7. The van der Waals surface area contributed by atoms with Crippen molar-refractivity contribution in [2.24, 2.45) is 17.4 Å². The van der Waals surface area contributed by atoms with E-state index in [9.17, 15) is 47.9 Å². The molecule has 11 N–H and O–H groups in total. The number of fused-ring (bicyclic) bond motifs is 8. The number of rotatable bonds is 36. The summed E-state index contributed by atoms with van der Waals surface area (Å²) in [5.41, 5.74) is 27.1. The molecule has 0 radical (unpaired) electrons. The third-order valence-corrected chi connectivity index (χ3v) is 20.9. The number of benzene rings is 7. The number of nitrogens with two attached hydrogens (primary N) is 2. The van der Waals surface area contributed by atoms with E-state index >= 15 is 4.79 Å². The van der Waals surface area contributed by atoms with E-state index in [1.54, 1.807) is 111 Å². The lowest BCUT2D eigenvalue weighted by molar-refractivity contribution is -0.153. The van der Waals surface area contributed by atoms with E-state index in [1.165, 1.54) is 14.1 Å². The molecule has 3 atom stereocenters. The summed E-state index contributed by atoms with van der Waals surface area (Å²) < 4.78 is 10.8. The lowest BCUT2D eigenvalue weighted by Crippen LogP contribution is -2.58. The Labute approximate surface area is 723 Å². The Morgan fingerprint density at radius 2 is 0.880 bits per heavy atom. The Morgan fingerprint density at radius 1 is 0.440 bits per heavy atom. The second-order valence-electron chi connectivity index (χ2n) is 30.6. The Balaban J connectivity index is 0.776. The second-order valence-corrected chi connectivity index (χ2v) is 30.6. The summed E-state index contributed by atoms with van der Waals surface area (Å²) >= 11 is 0. The average Bonchev–Trinajstić information content (AvgIpc) is 1.62. The first-order valence-corrected chi connectivity index (χ1v) is 41.4. The van der Waals surface area contributed by atoms with Crippen molar-refractivity contribution in [2.45, 2.75) is 90.1 Å². The Morgan fingerprint density at radius 3 is 1.33 bits per heavy atom. The van der Waals surface area contributed by atoms with Gasteiger partial charge in [0.15, 0.2) is 0 Å². The quantitative estimate of drug-likeness (QED) is 0.0165. The predicted octanol–water partition coefficient (Wildman–Crippen LogP) is 12.2. The van der Waals surface area contributed by atoms with Crippen LogP contribution < -0.4 is 38.1 Å². The molecule has 0 saturated heterocycles. The number of carbonyl (C=O) groups excluding carboxylic acids is 11. The third-order valence-electron chi connectivity index (χ3n) is 20.9. The van der Waals surface area contributed by atoms with Gasteiger partial charge in [0, 0.05) is 96.5 Å². The van der Waals surface area contributed by atoms with Crippen molar-refractivity contribution >= 4 is 117 Å². The van der Waals surface area contributed by atoms with E-state index in [0.717, 1.165) is 98.2 Å². The highest BCUT2D eigenvalue weighted by atomic mass is 16.6. The number of nitrogens with zero attached hydrogens (tertiary/aromatic N) is 6. The van der Waals surface area contributed by atoms with Crippen molar-refractivity contribution in [1.82, 2.24) is 60.8 Å². The number of anilines is 1. The highest BCUT2D eigenvalue weighted by molar-refractivity contribution is 6.06. The number of aromatic amines is 2. The normalized spacial score (nSPS) is 12.1. The van der Waals surface area contributed by atoms with E-state index in [2.05, 4.69) is 85.1 Å². The number of imide groups is 2. The van der Waals surface area contributed by atoms with Gasteiger partial charge in [-0.1, -0.05) is 208 Å². The molecule has 7 aromatic carbocycles. The van der Waals surface area contributed by atoms with Crippen LogP contribution >= 0.6 is 0 Å². The number of unbranched alkanes of at least 4 members (excludes halogenated alkanes) is 1. The molecule has 642 valence electrons. The molecule has 11 amide bonds. The summed E-state index contributed by atoms with van der Waals surface area (Å²) in [6, 6.07) is 67.4. The molecule has 12 rings (SSSR count). The maximum absolute atomic E-state index is 15.0. The topological polar surface area (TPSA) is 389 Å². The summed E-state index contributed by atoms with van der Waals surface area (Å²) in [6.45, 7) is 0.232. The highest BCUT2D eigenvalue weighted by Crippen LogP contribution is 2.39. The van der Waals surface area contributed by atoms with Crippen LogP contribution in [-0.2, 0) is 72.3 Å². The Kier molecular flexibility index (Phi) is 31.2. The molecule has 28 nitrogen and oxygen atoms in total. The second kappa shape index (κ2) is 43.6. The first-order valence-electron chi connectivity index (χ1n) is 41.4. The number of ether oxygens (including phenoxy) is 2. The van der Waals surface area contributed by atoms with Gasteiger partial charge in [-0.2, -0.15) is 0 Å². The van der Waals surface area contributed by atoms with Gasteiger partial charge in [0.25, 0.3) is 5.91 Å². The van der Waals surface area contributed by atoms with Crippen molar-refractivity contribution in [2.75, 3.05) is 65.2 Å². The van der Waals surface area contributed by atoms with Crippen LogP contribution in [0.4, 0.5) is 15.3 Å². The summed E-state index contributed by atoms with van der Waals surface area (Å²) in [4.78, 5) is 177. The van der Waals surface area contributed by atoms with Gasteiger partial charge >= 0.3 is 12.2 Å². The van der Waals surface area contributed by atoms with Crippen molar-refractivity contribution in [3.63, 3.8) is 0 Å². The number of amides is 11. The monoisotopic (exact) mass is 1680 g/mol. The van der Waals surface area contributed by atoms with Gasteiger partial charge in [-0.25, -0.2) is 19.6 Å². The Bertz CT molecular complexity index is 5720. The van der Waals surface area contributed by atoms with Gasteiger partial charge in [-0.05, 0) is 138 Å². The van der Waals surface area contributed by atoms with E-state index in [0.29, 0.717) is 39.5 Å². The van der Waals surface area contributed by atoms with E-state index in [4.69, 9.17) is 30.9 Å². The van der Waals surface area contributed by atoms with Gasteiger partial charge in [0.05, 0.1) is 35.9 Å². The van der Waals surface area contributed by atoms with Gasteiger partial charge in [-0.3, -0.25) is 53.0 Å². The molecule has 0 saturated carbocycles. The van der Waals surface area contributed by atoms with Crippen LogP contribution in [-0.4, -0.2) is 183 Å². The minimum atomic E-state index is -1.66. The van der Waals surface area contributed by atoms with Crippen molar-refractivity contribution in [3.05, 3.63) is 270 Å². The SMILES string of the molecule is CC(C)C[C@H](NC(=O)[C@H](Cc1ccccc1)NC(=O)CNC(=O)[C@H](CCCCN)N(C(=O)CCC(=O)Nc1ccc(-c2c3nc(c(-c4ccccc4)c4ccc([nH]4)c(-c4ccccc4)c4nc(c(-c5ccccc5)c5ccc2[nH]5)C=C4)C=C3)cc1)C(=O)CN(C)C(=O)OCc1ccccc1)C(=O)N(CCNC(=O)CN(C)C(=O)OCc1ccccc1)C(=O)CN. The first kappa shape index (κ1) is 89.5. The van der Waals surface area contributed by atoms with E-state index in [1.807, 2.05) is 109 Å². The zero-order valence-electron chi connectivity index (χ0n) is 70.0. The van der Waals surface area contributed by atoms with Gasteiger partial charge in [0.2, 0.25) is 47.3 Å². The van der Waals surface area contributed by atoms with Crippen LogP contribution in [0.2, 0.25) is 0 Å². The molecule has 2 aliphatic rings. The molecular formula is C97H101N15O13. The van der Waals surface area contributed by atoms with Crippen LogP contribution in [0.5, 0.6) is 0 Å². The van der Waals surface area contributed by atoms with Gasteiger partial charge < -0.3 is 67.3 Å². The first-order chi connectivity index (χ1) is 60.6. The van der Waals surface area contributed by atoms with Crippen LogP contribution in [0.25, 0.3) is 90.9 Å². The molecule has 0 aliphatic carbocycles. The summed E-state index contributed by atoms with van der Waals surface area (Å²) in [7, 11) is 2.65. The molecule has 28 heteroatoms. The summed E-state index contributed by atoms with van der Waals surface area (Å²) in [5, 5.41) is 13.4. The summed E-state index contributed by atoms with van der Waals surface area (Å²) in [6.07, 6.45) is 5.39. The number of aromatic nitrogens is 4. The molecule has 8 bridgehead atoms. The largest absolute Gasteiger partial charge is 0.445 e. The van der Waals surface area contributed by atoms with Crippen LogP contribution in [0.1, 0.15) is 91.8 Å². The fraction of sp³-hybridized carbons (Fsp3) is 0.247. The molecule has 10 aromatic rings. The van der Waals surface area contributed by atoms with Crippen molar-refractivity contribution in [3.8, 4) is 44.5 Å². The smallest absolute Gasteiger partial charge is 0.410 e. The highest BCUT2D eigenvalue weighted by Gasteiger charge is 2.38. The third kappa shape index (κ3) is 24.1. The number of carbonyl (C=O) groups is 11. The van der Waals surface area contributed by atoms with E-state index in [-0.39, 0.29) is 64.4 Å². The average molecular weight is 1680 g/mol. The molecule has 125 heavy (non-hydrogen) atoms. The predicted molar refractivity (Wildman–Crippen MR) is 481 cm³/mol. The number of hydrogen-bond acceptors (Lipinski definition) is 17. The van der Waals surface area contributed by atoms with Crippen LogP contribution in [0.3, 0.4) is 0 Å². The number of nitrogens with one attached hydrogen (secondary N) is 7. The lowest BCUT2D eigenvalue weighted by Gasteiger charge is -2.31.